The maximum Gasteiger partial charge on any atom is 0.252 e. The van der Waals surface area contributed by atoms with Gasteiger partial charge in [-0.25, -0.2) is 0 Å². The third kappa shape index (κ3) is 13.5. The number of para-hydroxylation sites is 4. The van der Waals surface area contributed by atoms with E-state index in [1.54, 1.807) is 0 Å². The highest BCUT2D eigenvalue weighted by molar-refractivity contribution is 7.00. The summed E-state index contributed by atoms with van der Waals surface area (Å²) < 4.78 is 5.24. The fourth-order valence-electron chi connectivity index (χ4n) is 24.6. The minimum Gasteiger partial charge on any atom is -0.310 e. The van der Waals surface area contributed by atoms with Crippen LogP contribution >= 0.6 is 0 Å². The molecule has 4 nitrogen and oxygen atoms in total. The van der Waals surface area contributed by atoms with E-state index in [4.69, 9.17) is 0 Å². The number of aromatic nitrogens is 2. The number of anilines is 6. The van der Waals surface area contributed by atoms with E-state index < -0.39 is 16.2 Å². The molecular weight excluding hydrogens is 1700 g/mol. The van der Waals surface area contributed by atoms with E-state index >= 15 is 0 Å². The predicted molar refractivity (Wildman–Crippen MR) is 599 cm³/mol. The summed E-state index contributed by atoms with van der Waals surface area (Å²) in [7, 11) is 0. The molecule has 0 radical (unpaired) electrons. The average molecular weight is 1820 g/mol. The van der Waals surface area contributed by atoms with Gasteiger partial charge in [0.15, 0.2) is 0 Å². The molecule has 0 bridgehead atoms. The van der Waals surface area contributed by atoms with Gasteiger partial charge in [-0.05, 0) is 233 Å². The Morgan fingerprint density at radius 1 is 0.199 bits per heavy atom. The summed E-state index contributed by atoms with van der Waals surface area (Å²) in [5, 5.41) is 4.81. The molecule has 19 aromatic carbocycles. The highest BCUT2D eigenvalue weighted by atomic mass is 15.2. The Bertz CT molecular complexity index is 7890. The molecule has 0 spiro atoms. The van der Waals surface area contributed by atoms with Gasteiger partial charge in [0.1, 0.15) is 0 Å². The third-order valence-corrected chi connectivity index (χ3v) is 31.7. The van der Waals surface area contributed by atoms with Gasteiger partial charge in [0.05, 0.1) is 44.3 Å². The van der Waals surface area contributed by atoms with E-state index in [9.17, 15) is 0 Å². The Morgan fingerprint density at radius 2 is 0.482 bits per heavy atom. The van der Waals surface area contributed by atoms with Crippen LogP contribution in [-0.4, -0.2) is 15.8 Å². The lowest BCUT2D eigenvalue weighted by molar-refractivity contribution is 0.590. The van der Waals surface area contributed by atoms with Crippen molar-refractivity contribution in [3.05, 3.63) is 497 Å². The Kier molecular flexibility index (Phi) is 19.7. The zero-order chi connectivity index (χ0) is 96.3. The van der Waals surface area contributed by atoms with Crippen molar-refractivity contribution in [3.8, 4) is 78.1 Å². The number of benzene rings is 19. The normalized spacial score (nSPS) is 14.0. The molecule has 0 amide bonds. The molecule has 0 N–H and O–H groups in total. The van der Waals surface area contributed by atoms with E-state index in [1.165, 1.54) is 133 Å². The molecule has 2 aliphatic carbocycles. The van der Waals surface area contributed by atoms with Crippen LogP contribution in [0.4, 0.5) is 34.1 Å². The van der Waals surface area contributed by atoms with Crippen LogP contribution in [0.15, 0.2) is 425 Å². The lowest BCUT2D eigenvalue weighted by atomic mass is 9.33. The van der Waals surface area contributed by atoms with Crippen LogP contribution in [0, 0.1) is 0 Å². The summed E-state index contributed by atoms with van der Waals surface area (Å²) in [5.41, 5.74) is 45.5. The Morgan fingerprint density at radius 3 is 0.794 bits per heavy atom. The molecule has 0 unspecified atom stereocenters. The first-order valence-corrected chi connectivity index (χ1v) is 50.5. The van der Waals surface area contributed by atoms with Crippen molar-refractivity contribution in [1.82, 2.24) is 9.13 Å². The number of nitrogens with zero attached hydrogens (tertiary/aromatic N) is 4. The second-order valence-corrected chi connectivity index (χ2v) is 45.1. The summed E-state index contributed by atoms with van der Waals surface area (Å²) in [4.78, 5) is 5.56. The van der Waals surface area contributed by atoms with Crippen molar-refractivity contribution in [2.75, 3.05) is 9.80 Å². The molecule has 21 aromatic rings. The van der Waals surface area contributed by atoms with Crippen LogP contribution in [0.1, 0.15) is 176 Å². The molecule has 4 heterocycles. The van der Waals surface area contributed by atoms with E-state index in [1.807, 2.05) is 0 Å². The maximum atomic E-state index is 2.78. The second kappa shape index (κ2) is 32.0. The summed E-state index contributed by atoms with van der Waals surface area (Å²) >= 11 is 0. The molecular formula is C136H115BN4. The minimum absolute atomic E-state index is 0.0921. The molecule has 2 aliphatic heterocycles. The van der Waals surface area contributed by atoms with Gasteiger partial charge in [0.25, 0.3) is 6.71 Å². The molecule has 0 saturated carbocycles. The minimum atomic E-state index is -0.652. The first kappa shape index (κ1) is 87.0. The smallest absolute Gasteiger partial charge is 0.252 e. The number of hydrogen-bond acceptors (Lipinski definition) is 2. The van der Waals surface area contributed by atoms with Crippen molar-refractivity contribution in [2.24, 2.45) is 0 Å². The number of fused-ring (bicyclic) bond motifs is 16. The topological polar surface area (TPSA) is 16.3 Å². The van der Waals surface area contributed by atoms with E-state index in [0.29, 0.717) is 0 Å². The summed E-state index contributed by atoms with van der Waals surface area (Å²) in [6, 6.07) is 165. The highest BCUT2D eigenvalue weighted by Crippen LogP contribution is 2.62. The summed E-state index contributed by atoms with van der Waals surface area (Å²) in [6.07, 6.45) is 0. The van der Waals surface area contributed by atoms with Crippen LogP contribution < -0.4 is 26.2 Å². The lowest BCUT2D eigenvalue weighted by Gasteiger charge is -2.46. The largest absolute Gasteiger partial charge is 0.310 e. The standard InChI is InChI=1S/C136H115BN4/c1-130(2,3)90-66-58-86(59-67-90)101-50-36-51-102(87-60-68-91(69-61-87)131(4,5)6)128(101)140-123-80-99(138-119-56-34-30-48-107(119)111-82-109-105-46-28-32-54-113(105)135(115(109)84-121(111)138,94-38-20-16-21-39-94)95-40-22-17-23-41-95)74-76-117(123)137-118-77-75-100(139-120-57-35-31-49-108(120)112-83-110-106-47-29-33-55-114(106)136(116(110)85-122(112)139,96-42-24-18-25-43-96)97-44-26-19-27-45-97)81-124(118)141(126-79-98(134(13,14)15)78-125(140)127(126)137)129-103(88-62-70-92(71-63-88)132(7,8)9)52-37-53-104(129)89-64-72-93(73-65-89)133(10,11)12/h16-85H,1-15H3. The lowest BCUT2D eigenvalue weighted by Crippen LogP contribution is -2.61. The molecule has 141 heavy (non-hydrogen) atoms. The van der Waals surface area contributed by atoms with Gasteiger partial charge in [0.2, 0.25) is 0 Å². The van der Waals surface area contributed by atoms with Crippen LogP contribution in [0.5, 0.6) is 0 Å². The molecule has 4 aliphatic rings. The van der Waals surface area contributed by atoms with Gasteiger partial charge in [-0.15, -0.1) is 0 Å². The Balaban J connectivity index is 0.828. The molecule has 25 rings (SSSR count). The van der Waals surface area contributed by atoms with Crippen LogP contribution in [0.2, 0.25) is 0 Å². The van der Waals surface area contributed by atoms with Gasteiger partial charge >= 0.3 is 0 Å². The first-order chi connectivity index (χ1) is 68.1. The van der Waals surface area contributed by atoms with Gasteiger partial charge in [-0.3, -0.25) is 0 Å². The zero-order valence-corrected chi connectivity index (χ0v) is 83.3. The summed E-state index contributed by atoms with van der Waals surface area (Å²) in [5.74, 6) is 0. The Labute approximate surface area is 830 Å². The van der Waals surface area contributed by atoms with Crippen molar-refractivity contribution in [2.45, 2.75) is 142 Å². The van der Waals surface area contributed by atoms with E-state index in [-0.39, 0.29) is 28.4 Å². The van der Waals surface area contributed by atoms with Crippen molar-refractivity contribution >= 4 is 101 Å². The van der Waals surface area contributed by atoms with Crippen LogP contribution in [0.25, 0.3) is 122 Å². The van der Waals surface area contributed by atoms with Gasteiger partial charge in [0, 0.05) is 77.9 Å². The maximum absolute atomic E-state index is 2.78. The average Bonchev–Trinajstić information content (AvgIpc) is 1.49. The van der Waals surface area contributed by atoms with Crippen LogP contribution in [0.3, 0.4) is 0 Å². The molecule has 0 fully saturated rings. The highest BCUT2D eigenvalue weighted by Gasteiger charge is 2.51. The van der Waals surface area contributed by atoms with Crippen molar-refractivity contribution in [1.29, 1.82) is 0 Å². The van der Waals surface area contributed by atoms with E-state index in [0.717, 1.165) is 112 Å². The number of rotatable bonds is 12. The third-order valence-electron chi connectivity index (χ3n) is 31.7. The fourth-order valence-corrected chi connectivity index (χ4v) is 24.6. The van der Waals surface area contributed by atoms with Crippen molar-refractivity contribution in [3.63, 3.8) is 0 Å². The SMILES string of the molecule is CC(C)(C)c1ccc(-c2cccc(-c3ccc(C(C)(C)C)cc3)c2N2c3cc(-n4c5ccccc5c5cc6c(cc54)C(c4ccccc4)(c4ccccc4)c4ccccc4-6)ccc3B3c4ccc(-n5c6ccccc6c6cc7c(cc65)C(c5ccccc5)(c5ccccc5)c5ccccc5-7)cc4N(c4c(-c5ccc(C(C)(C)C)cc5)cccc4-c4ccc(C(C)(C)C)cc4)c4cc(C(C)(C)C)cc2c43)cc1. The monoisotopic (exact) mass is 1810 g/mol. The molecule has 2 aromatic heterocycles. The molecule has 0 atom stereocenters. The molecule has 682 valence electrons. The van der Waals surface area contributed by atoms with Crippen molar-refractivity contribution < 1.29 is 0 Å². The summed E-state index contributed by atoms with van der Waals surface area (Å²) in [6.45, 7) is 34.9. The second-order valence-electron chi connectivity index (χ2n) is 45.1. The van der Waals surface area contributed by atoms with E-state index in [2.05, 4.69) is 547 Å². The number of hydrogen-bond donors (Lipinski definition) is 0. The first-order valence-electron chi connectivity index (χ1n) is 50.5. The predicted octanol–water partition coefficient (Wildman–Crippen LogP) is 33.8. The van der Waals surface area contributed by atoms with Crippen LogP contribution in [-0.2, 0) is 37.9 Å². The zero-order valence-electron chi connectivity index (χ0n) is 83.3. The van der Waals surface area contributed by atoms with Gasteiger partial charge in [-0.2, -0.15) is 0 Å². The molecule has 0 saturated heterocycles. The van der Waals surface area contributed by atoms with Gasteiger partial charge in [-0.1, -0.05) is 456 Å². The Hall–Kier alpha value is -15.6. The molecule has 5 heteroatoms. The quantitative estimate of drug-likeness (QED) is 0.113. The van der Waals surface area contributed by atoms with Gasteiger partial charge < -0.3 is 18.9 Å². The fraction of sp³-hybridized carbons (Fsp3) is 0.162.